The molecule has 0 N–H and O–H groups in total. The van der Waals surface area contributed by atoms with E-state index in [0.29, 0.717) is 0 Å². The minimum Gasteiger partial charge on any atom is -0.102 e. The Bertz CT molecular complexity index is 3430. The smallest absolute Gasteiger partial charge is 0.102 e. The molecule has 43 unspecified atom stereocenters. The SMILES string of the molecule is CC(C)(Cl)Cl.CC(C)(Cl)Cl.CC(C)(Cl)Cl.CC(C)(Cl)Cl.CC1C(C)C([Si](C)(C)C2C(C)C(C)C3C4CCCCC4CCC32)C2CCC3CCCCC3C12.CC1CC2C3CCCCC3CCC2C1[Si](C)(C)C1CCC2CCCCC21.CC1CC2CC3CCCC3CC2C1[Si](C)(C)C1C(C)CC2C3CCCCC3CCC21.CCCC1CC([Si](C)(C)C2CC(CCC)C3CCCCC32)C2CCCCC12. The minimum atomic E-state index is -1.38. The van der Waals surface area contributed by atoms with E-state index < -0.39 is 49.6 Å². The zero-order chi connectivity index (χ0) is 98.6. The third kappa shape index (κ3) is 26.6. The quantitative estimate of drug-likeness (QED) is 0.135. The molecule has 0 aromatic carbocycles. The lowest BCUT2D eigenvalue weighted by Crippen LogP contribution is -2.48. The summed E-state index contributed by atoms with van der Waals surface area (Å²) in [6.07, 6.45) is 82.1. The molecule has 0 saturated heterocycles. The summed E-state index contributed by atoms with van der Waals surface area (Å²) in [7, 11) is -5.03. The van der Waals surface area contributed by atoms with Gasteiger partial charge >= 0.3 is 0 Å². The van der Waals surface area contributed by atoms with Crippen LogP contribution in [0.5, 0.6) is 0 Å². The Labute approximate surface area is 889 Å². The van der Waals surface area contributed by atoms with E-state index in [2.05, 4.69) is 115 Å². The molecule has 21 rings (SSSR count). The molecule has 43 atom stereocenters. The first-order valence-corrected chi connectivity index (χ1v) is 77.1. The molecule has 0 bridgehead atoms. The van der Waals surface area contributed by atoms with Crippen LogP contribution >= 0.6 is 92.8 Å². The van der Waals surface area contributed by atoms with Gasteiger partial charge in [0.2, 0.25) is 0 Å². The topological polar surface area (TPSA) is 0 Å². The van der Waals surface area contributed by atoms with Crippen molar-refractivity contribution in [2.24, 2.45) is 207 Å². The maximum atomic E-state index is 5.30. The van der Waals surface area contributed by atoms with Crippen molar-refractivity contribution >= 4 is 125 Å². The second kappa shape index (κ2) is 48.2. The summed E-state index contributed by atoms with van der Waals surface area (Å²) in [5, 5.41) is 0. The second-order valence-electron chi connectivity index (χ2n) is 58.8. The third-order valence-corrected chi connectivity index (χ3v) is 69.4. The van der Waals surface area contributed by atoms with E-state index in [9.17, 15) is 0 Å². The Morgan fingerprint density at radius 2 is 0.478 bits per heavy atom. The fraction of sp³-hybridized carbons (Fsp3) is 1.00. The van der Waals surface area contributed by atoms with Crippen molar-refractivity contribution in [2.45, 2.75) is 566 Å². The number of rotatable bonds is 12. The molecule has 790 valence electrons. The Balaban J connectivity index is 0.000000136. The molecule has 0 amide bonds. The Morgan fingerprint density at radius 3 is 0.860 bits per heavy atom. The van der Waals surface area contributed by atoms with Crippen LogP contribution in [0.25, 0.3) is 0 Å². The van der Waals surface area contributed by atoms with Crippen molar-refractivity contribution in [3.05, 3.63) is 0 Å². The van der Waals surface area contributed by atoms with E-state index in [1.807, 2.05) is 0 Å². The van der Waals surface area contributed by atoms with Crippen molar-refractivity contribution in [1.82, 2.24) is 0 Å². The van der Waals surface area contributed by atoms with Crippen molar-refractivity contribution < 1.29 is 0 Å². The van der Waals surface area contributed by atoms with Crippen LogP contribution in [-0.2, 0) is 0 Å². The number of hydrogen-bond acceptors (Lipinski definition) is 0. The van der Waals surface area contributed by atoms with E-state index >= 15 is 0 Å². The maximum Gasteiger partial charge on any atom is 0.112 e. The largest absolute Gasteiger partial charge is 0.112 e. The first kappa shape index (κ1) is 115. The molecular formula is C124H222Cl8Si4. The predicted molar refractivity (Wildman–Crippen MR) is 616 cm³/mol. The highest BCUT2D eigenvalue weighted by atomic mass is 35.5. The van der Waals surface area contributed by atoms with Crippen LogP contribution in [0.3, 0.4) is 0 Å². The monoisotopic (exact) mass is 2100 g/mol. The van der Waals surface area contributed by atoms with E-state index in [1.165, 1.54) is 60.7 Å². The van der Waals surface area contributed by atoms with Gasteiger partial charge in [-0.1, -0.05) is 314 Å². The fourth-order valence-electron chi connectivity index (χ4n) is 44.9. The first-order chi connectivity index (χ1) is 63.9. The van der Waals surface area contributed by atoms with Crippen LogP contribution in [0.1, 0.15) is 452 Å². The number of alkyl halides is 8. The summed E-state index contributed by atoms with van der Waals surface area (Å²) in [6.45, 7) is 61.0. The van der Waals surface area contributed by atoms with Crippen LogP contribution in [0, 0.1) is 207 Å². The van der Waals surface area contributed by atoms with Crippen LogP contribution in [-0.4, -0.2) is 49.6 Å². The average molecular weight is 2110 g/mol. The molecule has 0 aromatic heterocycles. The normalized spacial score (nSPS) is 46.5. The average Bonchev–Trinajstić information content (AvgIpc) is 1.55. The highest BCUT2D eigenvalue weighted by Gasteiger charge is 2.67. The Kier molecular flexibility index (Phi) is 40.7. The van der Waals surface area contributed by atoms with Gasteiger partial charge in [0.25, 0.3) is 0 Å². The van der Waals surface area contributed by atoms with Gasteiger partial charge in [0.1, 0.15) is 17.3 Å². The Hall–Kier alpha value is 3.19. The zero-order valence-corrected chi connectivity index (χ0v) is 104. The third-order valence-electron chi connectivity index (χ3n) is 48.2. The lowest BCUT2D eigenvalue weighted by atomic mass is 9.61. The molecule has 0 aliphatic heterocycles. The Morgan fingerprint density at radius 1 is 0.199 bits per heavy atom. The van der Waals surface area contributed by atoms with Gasteiger partial charge in [0, 0.05) is 0 Å². The summed E-state index contributed by atoms with van der Waals surface area (Å²) in [5.74, 6) is 38.6. The van der Waals surface area contributed by atoms with E-state index in [0.717, 1.165) is 229 Å². The van der Waals surface area contributed by atoms with E-state index in [4.69, 9.17) is 92.8 Å². The standard InChI is InChI=1S/C32H56Si.C29H50Si.C26H48Si.C25H44Si.4C3H6Cl2/c1-19-21(3)31(27-17-15-23-11-7-9-13-25(23)29(19)27)33(5,6)32-22(4)20(2)30-26-14-10-8-12-24(26)16-18-28(30)32;1-18-14-23-16-21-9-7-10-22(21)17-26(23)29(18)30(3,4)28-19(2)15-27-24-11-6-5-8-20(24)12-13-25(27)28;1-5-11-19-17-25(23-15-9-7-13-21(19)23)27(3,4)26-18-20(12-6-2)22-14-8-10-16-24(22)26;1-17-16-23-20-10-6-4-8-18(20)12-14-22(23)25(17)26(2,3)24-15-13-19-9-5-7-11-21(19)24;4*1-3(2,4)5/h19-32H,7-18H2,1-6H3;18-29H,5-17H2,1-4H3;19-26H,5-18H2,1-4H3;17-25H,4-16H2,1-3H3;4*1-2H3. The van der Waals surface area contributed by atoms with Crippen molar-refractivity contribution in [1.29, 1.82) is 0 Å². The molecule has 21 fully saturated rings. The van der Waals surface area contributed by atoms with Gasteiger partial charge < -0.3 is 0 Å². The molecule has 0 aromatic rings. The lowest BCUT2D eigenvalue weighted by molar-refractivity contribution is 0.0481. The minimum absolute atomic E-state index is 0.556. The molecular weight excluding hydrogens is 1890 g/mol. The molecule has 21 aliphatic carbocycles. The van der Waals surface area contributed by atoms with Gasteiger partial charge in [0.15, 0.2) is 0 Å². The zero-order valence-electron chi connectivity index (χ0n) is 93.6. The summed E-state index contributed by atoms with van der Waals surface area (Å²) in [5.41, 5.74) is 9.23. The summed E-state index contributed by atoms with van der Waals surface area (Å²) >= 11 is 42.4. The molecule has 0 nitrogen and oxygen atoms in total. The highest BCUT2D eigenvalue weighted by Crippen LogP contribution is 2.75. The molecule has 12 heteroatoms. The summed E-state index contributed by atoms with van der Waals surface area (Å²) in [4.78, 5) is 0. The molecule has 21 saturated carbocycles. The second-order valence-corrected chi connectivity index (χ2v) is 87.3. The van der Waals surface area contributed by atoms with Gasteiger partial charge in [-0.3, -0.25) is 0 Å². The van der Waals surface area contributed by atoms with Crippen LogP contribution < -0.4 is 0 Å². The number of fused-ring (bicyclic) bond motifs is 17. The summed E-state index contributed by atoms with van der Waals surface area (Å²) in [6, 6.07) is 0. The van der Waals surface area contributed by atoms with Gasteiger partial charge in [-0.05, 0) is 442 Å². The summed E-state index contributed by atoms with van der Waals surface area (Å²) < 4.78 is -2.22. The van der Waals surface area contributed by atoms with Gasteiger partial charge in [-0.15, -0.1) is 92.8 Å². The molecule has 0 spiro atoms. The molecule has 136 heavy (non-hydrogen) atoms. The van der Waals surface area contributed by atoms with Crippen LogP contribution in [0.4, 0.5) is 0 Å². The van der Waals surface area contributed by atoms with E-state index in [1.54, 1.807) is 351 Å². The van der Waals surface area contributed by atoms with E-state index in [-0.39, 0.29) is 0 Å². The number of halogens is 8. The predicted octanol–water partition coefficient (Wildman–Crippen LogP) is 43.9. The van der Waals surface area contributed by atoms with Crippen molar-refractivity contribution in [2.75, 3.05) is 0 Å². The molecule has 0 heterocycles. The molecule has 21 aliphatic rings. The number of hydrogen-bond donors (Lipinski definition) is 0. The maximum absolute atomic E-state index is 5.30. The fourth-order valence-corrected chi connectivity index (χ4v) is 69.8. The van der Waals surface area contributed by atoms with Crippen molar-refractivity contribution in [3.8, 4) is 0 Å². The first-order valence-electron chi connectivity index (χ1n) is 61.4. The highest BCUT2D eigenvalue weighted by molar-refractivity contribution is 6.82. The molecule has 0 radical (unpaired) electrons. The van der Waals surface area contributed by atoms with Gasteiger partial charge in [0.05, 0.1) is 32.3 Å². The lowest BCUT2D eigenvalue weighted by Gasteiger charge is -2.51. The van der Waals surface area contributed by atoms with Crippen molar-refractivity contribution in [3.63, 3.8) is 0 Å². The van der Waals surface area contributed by atoms with Crippen LogP contribution in [0.2, 0.25) is 96.7 Å². The van der Waals surface area contributed by atoms with Gasteiger partial charge in [-0.2, -0.15) is 0 Å². The van der Waals surface area contributed by atoms with Crippen LogP contribution in [0.15, 0.2) is 0 Å². The van der Waals surface area contributed by atoms with Gasteiger partial charge in [-0.25, -0.2) is 0 Å².